The van der Waals surface area contributed by atoms with Crippen molar-refractivity contribution in [2.45, 2.75) is 33.4 Å². The highest BCUT2D eigenvalue weighted by Crippen LogP contribution is 1.99. The minimum absolute atomic E-state index is 0.127. The van der Waals surface area contributed by atoms with Crippen molar-refractivity contribution < 1.29 is 4.79 Å². The Labute approximate surface area is 96.5 Å². The molecule has 0 saturated heterocycles. The summed E-state index contributed by atoms with van der Waals surface area (Å²) in [7, 11) is 0. The lowest BCUT2D eigenvalue weighted by Crippen LogP contribution is -2.42. The van der Waals surface area contributed by atoms with E-state index < -0.39 is 0 Å². The van der Waals surface area contributed by atoms with Crippen LogP contribution in [-0.2, 0) is 6.54 Å². The number of amides is 2. The molecule has 16 heavy (non-hydrogen) atoms. The third-order valence-corrected chi connectivity index (χ3v) is 2.56. The van der Waals surface area contributed by atoms with Gasteiger partial charge in [0.25, 0.3) is 0 Å². The number of pyridine rings is 1. The van der Waals surface area contributed by atoms with Gasteiger partial charge in [0.15, 0.2) is 0 Å². The van der Waals surface area contributed by atoms with E-state index in [4.69, 9.17) is 0 Å². The summed E-state index contributed by atoms with van der Waals surface area (Å²) in [4.78, 5) is 15.4. The van der Waals surface area contributed by atoms with Crippen molar-refractivity contribution in [2.24, 2.45) is 5.92 Å². The summed E-state index contributed by atoms with van der Waals surface area (Å²) >= 11 is 0. The summed E-state index contributed by atoms with van der Waals surface area (Å²) < 4.78 is 0. The van der Waals surface area contributed by atoms with Gasteiger partial charge in [-0.05, 0) is 30.5 Å². The third-order valence-electron chi connectivity index (χ3n) is 2.56. The predicted octanol–water partition coefficient (Wildman–Crippen LogP) is 1.93. The average molecular weight is 221 g/mol. The molecule has 1 unspecified atom stereocenters. The number of carbonyl (C=O) groups excluding carboxylic acids is 1. The second kappa shape index (κ2) is 6.10. The van der Waals surface area contributed by atoms with Crippen LogP contribution in [0.25, 0.3) is 0 Å². The van der Waals surface area contributed by atoms with E-state index in [0.29, 0.717) is 12.5 Å². The van der Waals surface area contributed by atoms with Crippen molar-refractivity contribution >= 4 is 6.03 Å². The molecule has 2 N–H and O–H groups in total. The molecule has 0 spiro atoms. The van der Waals surface area contributed by atoms with Gasteiger partial charge >= 0.3 is 6.03 Å². The lowest BCUT2D eigenvalue weighted by atomic mass is 10.1. The number of rotatable bonds is 4. The summed E-state index contributed by atoms with van der Waals surface area (Å²) in [6.07, 6.45) is 3.43. The largest absolute Gasteiger partial charge is 0.335 e. The minimum Gasteiger partial charge on any atom is -0.335 e. The van der Waals surface area contributed by atoms with Gasteiger partial charge in [0.2, 0.25) is 0 Å². The molecule has 0 aromatic carbocycles. The van der Waals surface area contributed by atoms with Crippen LogP contribution < -0.4 is 10.6 Å². The first-order valence-electron chi connectivity index (χ1n) is 5.53. The Balaban J connectivity index is 2.31. The Kier molecular flexibility index (Phi) is 4.76. The highest BCUT2D eigenvalue weighted by Gasteiger charge is 2.09. The van der Waals surface area contributed by atoms with Crippen molar-refractivity contribution in [3.05, 3.63) is 30.1 Å². The van der Waals surface area contributed by atoms with Crippen molar-refractivity contribution in [2.75, 3.05) is 0 Å². The van der Waals surface area contributed by atoms with Crippen LogP contribution in [0.1, 0.15) is 26.3 Å². The van der Waals surface area contributed by atoms with E-state index in [1.54, 1.807) is 12.4 Å². The lowest BCUT2D eigenvalue weighted by Gasteiger charge is -2.17. The fourth-order valence-electron chi connectivity index (χ4n) is 1.11. The van der Waals surface area contributed by atoms with Crippen LogP contribution in [0.15, 0.2) is 24.5 Å². The molecule has 1 aromatic rings. The Morgan fingerprint density at radius 2 is 1.94 bits per heavy atom. The molecule has 4 nitrogen and oxygen atoms in total. The van der Waals surface area contributed by atoms with Crippen LogP contribution in [0.4, 0.5) is 4.79 Å². The maximum absolute atomic E-state index is 11.5. The van der Waals surface area contributed by atoms with E-state index in [9.17, 15) is 4.79 Å². The van der Waals surface area contributed by atoms with Gasteiger partial charge in [-0.15, -0.1) is 0 Å². The van der Waals surface area contributed by atoms with Crippen molar-refractivity contribution in [1.29, 1.82) is 0 Å². The van der Waals surface area contributed by atoms with Gasteiger partial charge in [-0.3, -0.25) is 4.98 Å². The van der Waals surface area contributed by atoms with Crippen LogP contribution >= 0.6 is 0 Å². The summed E-state index contributed by atoms with van der Waals surface area (Å²) in [5, 5.41) is 5.69. The molecule has 1 heterocycles. The first-order chi connectivity index (χ1) is 7.59. The molecule has 0 aliphatic rings. The smallest absolute Gasteiger partial charge is 0.315 e. The molecule has 0 aliphatic carbocycles. The summed E-state index contributed by atoms with van der Waals surface area (Å²) in [6, 6.07) is 3.81. The standard InChI is InChI=1S/C12H19N3O/c1-9(2)10(3)15-12(16)14-8-11-4-6-13-7-5-11/h4-7,9-10H,8H2,1-3H3,(H2,14,15,16). The van der Waals surface area contributed by atoms with Gasteiger partial charge in [-0.2, -0.15) is 0 Å². The predicted molar refractivity (Wildman–Crippen MR) is 63.9 cm³/mol. The zero-order valence-corrected chi connectivity index (χ0v) is 10.0. The van der Waals surface area contributed by atoms with E-state index in [2.05, 4.69) is 29.5 Å². The number of urea groups is 1. The summed E-state index contributed by atoms with van der Waals surface area (Å²) in [5.41, 5.74) is 1.04. The van der Waals surface area contributed by atoms with E-state index in [0.717, 1.165) is 5.56 Å². The van der Waals surface area contributed by atoms with Crippen molar-refractivity contribution in [3.63, 3.8) is 0 Å². The zero-order valence-electron chi connectivity index (χ0n) is 10.0. The van der Waals surface area contributed by atoms with Crippen molar-refractivity contribution in [3.8, 4) is 0 Å². The number of aromatic nitrogens is 1. The highest BCUT2D eigenvalue weighted by molar-refractivity contribution is 5.74. The molecule has 0 aliphatic heterocycles. The minimum atomic E-state index is -0.127. The second-order valence-electron chi connectivity index (χ2n) is 4.22. The van der Waals surface area contributed by atoms with Crippen LogP contribution in [0.3, 0.4) is 0 Å². The fraction of sp³-hybridized carbons (Fsp3) is 0.500. The molecule has 1 aromatic heterocycles. The fourth-order valence-corrected chi connectivity index (χ4v) is 1.11. The van der Waals surface area contributed by atoms with Crippen LogP contribution in [0, 0.1) is 5.92 Å². The normalized spacial score (nSPS) is 12.2. The van der Waals surface area contributed by atoms with Gasteiger partial charge in [0.1, 0.15) is 0 Å². The first-order valence-corrected chi connectivity index (χ1v) is 5.53. The number of carbonyl (C=O) groups is 1. The van der Waals surface area contributed by atoms with Gasteiger partial charge < -0.3 is 10.6 Å². The lowest BCUT2D eigenvalue weighted by molar-refractivity contribution is 0.234. The Bertz CT molecular complexity index is 324. The molecular weight excluding hydrogens is 202 g/mol. The highest BCUT2D eigenvalue weighted by atomic mass is 16.2. The Morgan fingerprint density at radius 1 is 1.31 bits per heavy atom. The SMILES string of the molecule is CC(C)C(C)NC(=O)NCc1ccncc1. The van der Waals surface area contributed by atoms with Crippen LogP contribution in [-0.4, -0.2) is 17.1 Å². The summed E-state index contributed by atoms with van der Waals surface area (Å²) in [6.45, 7) is 6.68. The monoisotopic (exact) mass is 221 g/mol. The molecule has 1 rings (SSSR count). The third kappa shape index (κ3) is 4.29. The summed E-state index contributed by atoms with van der Waals surface area (Å²) in [5.74, 6) is 0.437. The number of hydrogen-bond acceptors (Lipinski definition) is 2. The molecule has 0 bridgehead atoms. The van der Waals surface area contributed by atoms with Gasteiger partial charge in [-0.1, -0.05) is 13.8 Å². The topological polar surface area (TPSA) is 54.0 Å². The maximum atomic E-state index is 11.5. The first kappa shape index (κ1) is 12.5. The Morgan fingerprint density at radius 3 is 2.50 bits per heavy atom. The molecule has 2 amide bonds. The number of nitrogens with zero attached hydrogens (tertiary/aromatic N) is 1. The Hall–Kier alpha value is -1.58. The number of hydrogen-bond donors (Lipinski definition) is 2. The molecule has 0 radical (unpaired) electrons. The quantitative estimate of drug-likeness (QED) is 0.816. The molecule has 1 atom stereocenters. The van der Waals surface area contributed by atoms with Gasteiger partial charge in [0, 0.05) is 25.0 Å². The van der Waals surface area contributed by atoms with E-state index in [1.807, 2.05) is 19.1 Å². The molecule has 0 saturated carbocycles. The van der Waals surface area contributed by atoms with Gasteiger partial charge in [-0.25, -0.2) is 4.79 Å². The molecule has 88 valence electrons. The molecule has 0 fully saturated rings. The van der Waals surface area contributed by atoms with E-state index >= 15 is 0 Å². The number of nitrogens with one attached hydrogen (secondary N) is 2. The van der Waals surface area contributed by atoms with Gasteiger partial charge in [0.05, 0.1) is 0 Å². The second-order valence-corrected chi connectivity index (χ2v) is 4.22. The molecule has 4 heteroatoms. The van der Waals surface area contributed by atoms with Crippen LogP contribution in [0.5, 0.6) is 0 Å². The van der Waals surface area contributed by atoms with E-state index in [1.165, 1.54) is 0 Å². The maximum Gasteiger partial charge on any atom is 0.315 e. The van der Waals surface area contributed by atoms with E-state index in [-0.39, 0.29) is 12.1 Å². The van der Waals surface area contributed by atoms with Crippen molar-refractivity contribution in [1.82, 2.24) is 15.6 Å². The van der Waals surface area contributed by atoms with Crippen LogP contribution in [0.2, 0.25) is 0 Å². The zero-order chi connectivity index (χ0) is 12.0. The average Bonchev–Trinajstić information content (AvgIpc) is 2.27. The molecular formula is C12H19N3O.